The molecule has 87 valence electrons. The Bertz CT molecular complexity index is 370. The molecule has 0 fully saturated rings. The third-order valence-electron chi connectivity index (χ3n) is 1.74. The molecule has 0 spiro atoms. The summed E-state index contributed by atoms with van der Waals surface area (Å²) in [4.78, 5) is 11.4. The van der Waals surface area contributed by atoms with Crippen LogP contribution in [0.4, 0.5) is 10.5 Å². The molecule has 4 nitrogen and oxygen atoms in total. The minimum atomic E-state index is -0.504. The van der Waals surface area contributed by atoms with Crippen molar-refractivity contribution in [2.75, 3.05) is 5.32 Å². The van der Waals surface area contributed by atoms with E-state index in [1.54, 1.807) is 12.1 Å². The van der Waals surface area contributed by atoms with E-state index in [1.165, 1.54) is 0 Å². The van der Waals surface area contributed by atoms with Crippen molar-refractivity contribution >= 4 is 11.8 Å². The Morgan fingerprint density at radius 2 is 2.25 bits per heavy atom. The molecule has 0 bridgehead atoms. The summed E-state index contributed by atoms with van der Waals surface area (Å²) in [6, 6.07) is 8.22. The second kappa shape index (κ2) is 4.99. The molecule has 4 heteroatoms. The van der Waals surface area contributed by atoms with E-state index in [0.717, 1.165) is 5.56 Å². The molecule has 1 aromatic carbocycles. The van der Waals surface area contributed by atoms with Crippen molar-refractivity contribution in [3.8, 4) is 0 Å². The van der Waals surface area contributed by atoms with Gasteiger partial charge in [0.15, 0.2) is 0 Å². The molecule has 0 aliphatic heterocycles. The Kier molecular flexibility index (Phi) is 3.90. The van der Waals surface area contributed by atoms with Crippen LogP contribution in [0.2, 0.25) is 0 Å². The van der Waals surface area contributed by atoms with Crippen molar-refractivity contribution < 1.29 is 9.53 Å². The molecule has 1 aromatic rings. The van der Waals surface area contributed by atoms with Gasteiger partial charge >= 0.3 is 6.09 Å². The Hall–Kier alpha value is -1.55. The molecule has 0 saturated carbocycles. The summed E-state index contributed by atoms with van der Waals surface area (Å²) in [6.07, 6.45) is -0.488. The summed E-state index contributed by atoms with van der Waals surface area (Å²) < 4.78 is 5.11. The van der Waals surface area contributed by atoms with Crippen molar-refractivity contribution in [2.24, 2.45) is 5.73 Å². The van der Waals surface area contributed by atoms with E-state index >= 15 is 0 Å². The number of hydrogen-bond acceptors (Lipinski definition) is 3. The quantitative estimate of drug-likeness (QED) is 0.805. The average molecular weight is 221 g/mol. The zero-order chi connectivity index (χ0) is 12.2. The molecule has 0 atom stereocenters. The highest BCUT2D eigenvalue weighted by atomic mass is 16.6. The van der Waals surface area contributed by atoms with Gasteiger partial charge in [-0.2, -0.15) is 0 Å². The lowest BCUT2D eigenvalue weighted by atomic mass is 10.2. The number of carbonyl (C=O) groups excluding carboxylic acids is 1. The number of ether oxygens (including phenoxy) is 1. The lowest BCUT2D eigenvalue weighted by Gasteiger charge is -2.19. The molecular formula is C12H17N2O2. The number of carbonyl (C=O) groups is 1. The van der Waals surface area contributed by atoms with E-state index in [2.05, 4.69) is 11.4 Å². The summed E-state index contributed by atoms with van der Waals surface area (Å²) in [5, 5.41) is 2.60. The molecule has 1 rings (SSSR count). The van der Waals surface area contributed by atoms with Crippen molar-refractivity contribution in [3.05, 3.63) is 29.8 Å². The first-order chi connectivity index (χ1) is 7.40. The molecule has 16 heavy (non-hydrogen) atoms. The van der Waals surface area contributed by atoms with Crippen molar-refractivity contribution in [2.45, 2.75) is 32.9 Å². The molecule has 3 N–H and O–H groups in total. The van der Waals surface area contributed by atoms with E-state index in [1.807, 2.05) is 26.8 Å². The maximum atomic E-state index is 11.4. The Balaban J connectivity index is 2.62. The van der Waals surface area contributed by atoms with Gasteiger partial charge in [-0.25, -0.2) is 4.79 Å². The lowest BCUT2D eigenvalue weighted by molar-refractivity contribution is 0.0636. The number of nitrogens with one attached hydrogen (secondary N) is 1. The van der Waals surface area contributed by atoms with Crippen molar-refractivity contribution in [1.29, 1.82) is 0 Å². The van der Waals surface area contributed by atoms with Crippen LogP contribution >= 0.6 is 0 Å². The van der Waals surface area contributed by atoms with Crippen LogP contribution in [0.25, 0.3) is 0 Å². The maximum absolute atomic E-state index is 11.4. The minimum Gasteiger partial charge on any atom is -0.444 e. The average Bonchev–Trinajstić information content (AvgIpc) is 2.15. The summed E-state index contributed by atoms with van der Waals surface area (Å²) in [5.41, 5.74) is 6.49. The van der Waals surface area contributed by atoms with Gasteiger partial charge in [-0.1, -0.05) is 12.1 Å². The molecule has 0 heterocycles. The van der Waals surface area contributed by atoms with Crippen molar-refractivity contribution in [1.82, 2.24) is 0 Å². The number of amides is 1. The summed E-state index contributed by atoms with van der Waals surface area (Å²) in [7, 11) is 0. The monoisotopic (exact) mass is 221 g/mol. The normalized spacial score (nSPS) is 11.0. The summed E-state index contributed by atoms with van der Waals surface area (Å²) >= 11 is 0. The Morgan fingerprint density at radius 3 is 2.81 bits per heavy atom. The first-order valence-corrected chi connectivity index (χ1v) is 5.11. The number of hydrogen-bond donors (Lipinski definition) is 2. The van der Waals surface area contributed by atoms with E-state index in [9.17, 15) is 4.79 Å². The van der Waals surface area contributed by atoms with Crippen molar-refractivity contribution in [3.63, 3.8) is 0 Å². The van der Waals surface area contributed by atoms with E-state index in [0.29, 0.717) is 12.2 Å². The fourth-order valence-electron chi connectivity index (χ4n) is 1.13. The molecule has 0 aliphatic rings. The smallest absolute Gasteiger partial charge is 0.412 e. The number of nitrogens with two attached hydrogens (primary N) is 1. The van der Waals surface area contributed by atoms with Crippen LogP contribution in [-0.2, 0) is 11.3 Å². The fraction of sp³-hybridized carbons (Fsp3) is 0.417. The third-order valence-corrected chi connectivity index (χ3v) is 1.74. The highest BCUT2D eigenvalue weighted by Crippen LogP contribution is 2.12. The molecule has 0 aliphatic carbocycles. The highest BCUT2D eigenvalue weighted by molar-refractivity contribution is 5.84. The summed E-state index contributed by atoms with van der Waals surface area (Å²) in [6.45, 7) is 5.86. The zero-order valence-electron chi connectivity index (χ0n) is 9.83. The zero-order valence-corrected chi connectivity index (χ0v) is 9.83. The van der Waals surface area contributed by atoms with Crippen LogP contribution < -0.4 is 11.1 Å². The molecule has 0 aromatic heterocycles. The van der Waals surface area contributed by atoms with Gasteiger partial charge in [-0.3, -0.25) is 5.32 Å². The van der Waals surface area contributed by atoms with Gasteiger partial charge in [0, 0.05) is 12.6 Å². The molecule has 1 amide bonds. The largest absolute Gasteiger partial charge is 0.444 e. The predicted octanol–water partition coefficient (Wildman–Crippen LogP) is 2.29. The van der Waals surface area contributed by atoms with Crippen LogP contribution in [0.5, 0.6) is 0 Å². The van der Waals surface area contributed by atoms with E-state index < -0.39 is 11.7 Å². The maximum Gasteiger partial charge on any atom is 0.412 e. The molecule has 0 unspecified atom stereocenters. The molecule has 1 radical (unpaired) electrons. The fourth-order valence-corrected chi connectivity index (χ4v) is 1.13. The van der Waals surface area contributed by atoms with Gasteiger partial charge in [0.1, 0.15) is 5.60 Å². The van der Waals surface area contributed by atoms with Crippen LogP contribution in [0.1, 0.15) is 26.3 Å². The van der Waals surface area contributed by atoms with Gasteiger partial charge in [0.05, 0.1) is 5.69 Å². The molecular weight excluding hydrogens is 204 g/mol. The second-order valence-corrected chi connectivity index (χ2v) is 4.44. The van der Waals surface area contributed by atoms with Gasteiger partial charge in [-0.05, 0) is 32.4 Å². The molecule has 0 saturated heterocycles. The number of rotatable bonds is 2. The van der Waals surface area contributed by atoms with Gasteiger partial charge in [0.2, 0.25) is 0 Å². The highest BCUT2D eigenvalue weighted by Gasteiger charge is 2.16. The second-order valence-electron chi connectivity index (χ2n) is 4.44. The first-order valence-electron chi connectivity index (χ1n) is 5.11. The minimum absolute atomic E-state index is 0.428. The predicted molar refractivity (Wildman–Crippen MR) is 63.0 cm³/mol. The number of anilines is 1. The standard InChI is InChI=1S/C12H17N2O2/c1-12(2,3)16-11(15)14-10-6-4-5-9(7-10)8-13/h4-5,7H,8,13H2,1-3H3,(H,14,15). The third kappa shape index (κ3) is 4.31. The van der Waals surface area contributed by atoms with Gasteiger partial charge < -0.3 is 10.5 Å². The Morgan fingerprint density at radius 1 is 1.56 bits per heavy atom. The van der Waals surface area contributed by atoms with Gasteiger partial charge in [-0.15, -0.1) is 0 Å². The SMILES string of the molecule is CC(C)(C)OC(=O)Nc1[c]ccc(CN)c1. The van der Waals surface area contributed by atoms with Crippen LogP contribution in [-0.4, -0.2) is 11.7 Å². The lowest BCUT2D eigenvalue weighted by Crippen LogP contribution is -2.27. The van der Waals surface area contributed by atoms with Gasteiger partial charge in [0.25, 0.3) is 0 Å². The van der Waals surface area contributed by atoms with Crippen LogP contribution in [0.15, 0.2) is 18.2 Å². The van der Waals surface area contributed by atoms with E-state index in [4.69, 9.17) is 10.5 Å². The topological polar surface area (TPSA) is 64.3 Å². The van der Waals surface area contributed by atoms with Crippen LogP contribution in [0, 0.1) is 6.07 Å². The van der Waals surface area contributed by atoms with Crippen LogP contribution in [0.3, 0.4) is 0 Å². The number of benzene rings is 1. The Labute approximate surface area is 95.8 Å². The first kappa shape index (κ1) is 12.5. The van der Waals surface area contributed by atoms with E-state index in [-0.39, 0.29) is 0 Å². The summed E-state index contributed by atoms with van der Waals surface area (Å²) in [5.74, 6) is 0.